The highest BCUT2D eigenvalue weighted by Gasteiger charge is 2.46. The number of hydrogen-bond donors (Lipinski definition) is 0. The first-order valence-corrected chi connectivity index (χ1v) is 8.52. The van der Waals surface area contributed by atoms with Crippen molar-refractivity contribution in [2.45, 2.75) is 85.1 Å². The van der Waals surface area contributed by atoms with Crippen molar-refractivity contribution in [3.8, 4) is 0 Å². The second kappa shape index (κ2) is 5.69. The smallest absolute Gasteiger partial charge is 0.219 e. The van der Waals surface area contributed by atoms with Crippen molar-refractivity contribution in [1.29, 1.82) is 0 Å². The molecule has 0 N–H and O–H groups in total. The second-order valence-electron chi connectivity index (χ2n) is 8.47. The van der Waals surface area contributed by atoms with Crippen LogP contribution in [0.5, 0.6) is 0 Å². The highest BCUT2D eigenvalue weighted by molar-refractivity contribution is 5.74. The van der Waals surface area contributed by atoms with Gasteiger partial charge in [0.2, 0.25) is 5.91 Å². The molecule has 0 radical (unpaired) electrons. The Labute approximate surface area is 125 Å². The Kier molecular flexibility index (Phi) is 4.51. The molecule has 2 unspecified atom stereocenters. The zero-order valence-electron chi connectivity index (χ0n) is 14.2. The summed E-state index contributed by atoms with van der Waals surface area (Å²) in [7, 11) is 0. The summed E-state index contributed by atoms with van der Waals surface area (Å²) < 4.78 is 0. The normalized spacial score (nSPS) is 33.5. The van der Waals surface area contributed by atoms with Crippen molar-refractivity contribution >= 4 is 5.91 Å². The van der Waals surface area contributed by atoms with E-state index in [1.165, 1.54) is 38.5 Å². The predicted molar refractivity (Wildman–Crippen MR) is 84.5 cm³/mol. The summed E-state index contributed by atoms with van der Waals surface area (Å²) in [5, 5.41) is 0. The number of fused-ring (bicyclic) bond motifs is 1. The molecule has 1 saturated carbocycles. The third-order valence-electron chi connectivity index (χ3n) is 5.83. The van der Waals surface area contributed by atoms with Gasteiger partial charge in [0, 0.05) is 19.0 Å². The highest BCUT2D eigenvalue weighted by Crippen LogP contribution is 2.49. The number of likely N-dealkylation sites (tertiary alicyclic amines) is 1. The number of hydrogen-bond acceptors (Lipinski definition) is 1. The summed E-state index contributed by atoms with van der Waals surface area (Å²) >= 11 is 0. The summed E-state index contributed by atoms with van der Waals surface area (Å²) in [4.78, 5) is 14.3. The van der Waals surface area contributed by atoms with Crippen LogP contribution < -0.4 is 0 Å². The minimum absolute atomic E-state index is 0.00358. The van der Waals surface area contributed by atoms with Crippen molar-refractivity contribution in [2.75, 3.05) is 6.54 Å². The van der Waals surface area contributed by atoms with E-state index in [0.717, 1.165) is 18.9 Å². The lowest BCUT2D eigenvalue weighted by Crippen LogP contribution is -2.48. The van der Waals surface area contributed by atoms with Gasteiger partial charge in [-0.1, -0.05) is 39.5 Å². The number of amides is 1. The van der Waals surface area contributed by atoms with Crippen molar-refractivity contribution in [3.63, 3.8) is 0 Å². The van der Waals surface area contributed by atoms with Gasteiger partial charge in [0.05, 0.1) is 0 Å². The van der Waals surface area contributed by atoms with Gasteiger partial charge in [0.25, 0.3) is 0 Å². The van der Waals surface area contributed by atoms with Crippen molar-refractivity contribution in [3.05, 3.63) is 0 Å². The first kappa shape index (κ1) is 15.9. The number of carbonyl (C=O) groups is 1. The van der Waals surface area contributed by atoms with Crippen LogP contribution in [-0.4, -0.2) is 22.9 Å². The largest absolute Gasteiger partial charge is 0.338 e. The molecule has 2 heteroatoms. The second-order valence-corrected chi connectivity index (χ2v) is 8.47. The molecule has 1 saturated heterocycles. The van der Waals surface area contributed by atoms with Crippen molar-refractivity contribution in [1.82, 2.24) is 4.90 Å². The summed E-state index contributed by atoms with van der Waals surface area (Å²) in [6.45, 7) is 12.1. The van der Waals surface area contributed by atoms with Gasteiger partial charge in [-0.3, -0.25) is 4.79 Å². The monoisotopic (exact) mass is 279 g/mol. The fourth-order valence-corrected chi connectivity index (χ4v) is 5.19. The summed E-state index contributed by atoms with van der Waals surface area (Å²) in [5.74, 6) is 1.75. The average molecular weight is 279 g/mol. The Hall–Kier alpha value is -0.530. The summed E-state index contributed by atoms with van der Waals surface area (Å²) in [5.41, 5.74) is 0.339. The van der Waals surface area contributed by atoms with E-state index >= 15 is 0 Å². The van der Waals surface area contributed by atoms with Gasteiger partial charge < -0.3 is 4.90 Å². The van der Waals surface area contributed by atoms with E-state index in [1.807, 2.05) is 0 Å². The minimum Gasteiger partial charge on any atom is -0.338 e. The van der Waals surface area contributed by atoms with Crippen LogP contribution in [0.3, 0.4) is 0 Å². The maximum absolute atomic E-state index is 12.1. The van der Waals surface area contributed by atoms with Crippen LogP contribution in [0, 0.1) is 17.3 Å². The molecular formula is C18H33NO. The van der Waals surface area contributed by atoms with Gasteiger partial charge in [-0.05, 0) is 50.4 Å². The Morgan fingerprint density at radius 2 is 1.60 bits per heavy atom. The average Bonchev–Trinajstić information content (AvgIpc) is 2.30. The maximum Gasteiger partial charge on any atom is 0.219 e. The molecule has 0 aromatic heterocycles. The molecule has 20 heavy (non-hydrogen) atoms. The van der Waals surface area contributed by atoms with Gasteiger partial charge in [0.15, 0.2) is 0 Å². The van der Waals surface area contributed by atoms with Gasteiger partial charge in [-0.2, -0.15) is 0 Å². The van der Waals surface area contributed by atoms with Crippen molar-refractivity contribution < 1.29 is 4.79 Å². The third-order valence-corrected chi connectivity index (χ3v) is 5.83. The lowest BCUT2D eigenvalue weighted by Gasteiger charge is -2.41. The Balaban J connectivity index is 2.32. The van der Waals surface area contributed by atoms with E-state index in [1.54, 1.807) is 6.92 Å². The Bertz CT molecular complexity index is 358. The minimum atomic E-state index is -0.00358. The molecule has 0 aromatic rings. The van der Waals surface area contributed by atoms with Gasteiger partial charge >= 0.3 is 0 Å². The van der Waals surface area contributed by atoms with E-state index < -0.39 is 0 Å². The Morgan fingerprint density at radius 1 is 1.00 bits per heavy atom. The van der Waals surface area contributed by atoms with Crippen LogP contribution in [0.25, 0.3) is 0 Å². The van der Waals surface area contributed by atoms with Crippen LogP contribution in [0.15, 0.2) is 0 Å². The fraction of sp³-hybridized carbons (Fsp3) is 0.944. The number of nitrogens with zero attached hydrogens (tertiary/aromatic N) is 1. The molecule has 1 heterocycles. The lowest BCUT2D eigenvalue weighted by molar-refractivity contribution is -0.134. The molecule has 2 atom stereocenters. The quantitative estimate of drug-likeness (QED) is 0.633. The molecule has 0 bridgehead atoms. The molecule has 116 valence electrons. The van der Waals surface area contributed by atoms with E-state index in [4.69, 9.17) is 0 Å². The topological polar surface area (TPSA) is 20.3 Å². The molecule has 1 aliphatic heterocycles. The summed E-state index contributed by atoms with van der Waals surface area (Å²) in [6, 6.07) is 0. The third kappa shape index (κ3) is 3.20. The first-order valence-electron chi connectivity index (χ1n) is 8.52. The van der Waals surface area contributed by atoms with Gasteiger partial charge in [-0.25, -0.2) is 0 Å². The van der Waals surface area contributed by atoms with E-state index in [9.17, 15) is 4.79 Å². The summed E-state index contributed by atoms with van der Waals surface area (Å²) in [6.07, 6.45) is 9.31. The molecule has 0 aromatic carbocycles. The standard InChI is InChI=1S/C18H33NO/c1-14(20)19-12-15-10-8-6-7-9-11-16(15)17(2,3)13-18(19,4)5/h15-16H,6-13H2,1-5H3. The molecular weight excluding hydrogens is 246 g/mol. The van der Waals surface area contributed by atoms with Crippen LogP contribution >= 0.6 is 0 Å². The lowest BCUT2D eigenvalue weighted by atomic mass is 9.65. The molecule has 1 aliphatic carbocycles. The van der Waals surface area contributed by atoms with Gasteiger partial charge in [-0.15, -0.1) is 0 Å². The molecule has 1 amide bonds. The van der Waals surface area contributed by atoms with Crippen molar-refractivity contribution in [2.24, 2.45) is 17.3 Å². The first-order chi connectivity index (χ1) is 9.24. The van der Waals surface area contributed by atoms with Crippen LogP contribution in [0.4, 0.5) is 0 Å². The highest BCUT2D eigenvalue weighted by atomic mass is 16.2. The Morgan fingerprint density at radius 3 is 2.20 bits per heavy atom. The number of rotatable bonds is 0. The molecule has 2 rings (SSSR count). The molecule has 0 spiro atoms. The van der Waals surface area contributed by atoms with Gasteiger partial charge in [0.1, 0.15) is 0 Å². The zero-order valence-corrected chi connectivity index (χ0v) is 14.2. The molecule has 2 nitrogen and oxygen atoms in total. The molecule has 2 fully saturated rings. The van der Waals surface area contributed by atoms with Crippen LogP contribution in [0.2, 0.25) is 0 Å². The predicted octanol–water partition coefficient (Wildman–Crippen LogP) is 4.63. The van der Waals surface area contributed by atoms with E-state index in [-0.39, 0.29) is 11.4 Å². The fourth-order valence-electron chi connectivity index (χ4n) is 5.19. The maximum atomic E-state index is 12.1. The van der Waals surface area contributed by atoms with E-state index in [0.29, 0.717) is 11.3 Å². The SMILES string of the molecule is CC(=O)N1CC2CCCCCCC2C(C)(C)CC1(C)C. The molecule has 2 aliphatic rings. The van der Waals surface area contributed by atoms with Crippen LogP contribution in [0.1, 0.15) is 79.6 Å². The number of carbonyl (C=O) groups excluding carboxylic acids is 1. The van der Waals surface area contributed by atoms with E-state index in [2.05, 4.69) is 32.6 Å². The zero-order chi connectivity index (χ0) is 15.0. The van der Waals surface area contributed by atoms with Crippen LogP contribution in [-0.2, 0) is 4.79 Å².